The second kappa shape index (κ2) is 6.88. The lowest BCUT2D eigenvalue weighted by Gasteiger charge is -2.36. The molecule has 5 heteroatoms. The molecule has 1 aliphatic rings. The zero-order chi connectivity index (χ0) is 15.6. The van der Waals surface area contributed by atoms with E-state index in [1.807, 2.05) is 0 Å². The first kappa shape index (κ1) is 17.1. The number of aromatic nitrogens is 2. The second-order valence-corrected chi connectivity index (χ2v) is 8.25. The largest absolute Gasteiger partial charge is 0.378 e. The van der Waals surface area contributed by atoms with Gasteiger partial charge >= 0.3 is 0 Å². The molecule has 0 aromatic carbocycles. The van der Waals surface area contributed by atoms with E-state index in [0.717, 1.165) is 21.9 Å². The molecule has 0 aliphatic heterocycles. The molecule has 2 rings (SSSR count). The number of nitrogens with zero attached hydrogens (tertiary/aromatic N) is 1. The van der Waals surface area contributed by atoms with Gasteiger partial charge < -0.3 is 9.72 Å². The summed E-state index contributed by atoms with van der Waals surface area (Å²) in [6.45, 7) is 7.57. The van der Waals surface area contributed by atoms with Gasteiger partial charge in [-0.15, -0.1) is 0 Å². The standard InChI is InChI=1S/C16H25BrN2OS/c1-16(2,3)11-7-5-10(6-8-11)14-18-12(9-20-4)13(17)15(21)19-14/h10-11H,5-9H2,1-4H3,(H,18,19,21). The van der Waals surface area contributed by atoms with Gasteiger partial charge in [-0.05, 0) is 52.9 Å². The lowest BCUT2D eigenvalue weighted by Crippen LogP contribution is -2.26. The number of aromatic amines is 1. The fourth-order valence-corrected chi connectivity index (χ4v) is 3.72. The van der Waals surface area contributed by atoms with E-state index in [4.69, 9.17) is 17.0 Å². The van der Waals surface area contributed by atoms with E-state index in [9.17, 15) is 0 Å². The fourth-order valence-electron chi connectivity index (χ4n) is 3.19. The summed E-state index contributed by atoms with van der Waals surface area (Å²) in [5, 5.41) is 0. The van der Waals surface area contributed by atoms with Crippen LogP contribution in [0.15, 0.2) is 4.47 Å². The van der Waals surface area contributed by atoms with Crippen LogP contribution in [-0.4, -0.2) is 17.1 Å². The monoisotopic (exact) mass is 372 g/mol. The molecule has 0 unspecified atom stereocenters. The number of rotatable bonds is 3. The molecule has 1 aromatic heterocycles. The first-order valence-electron chi connectivity index (χ1n) is 7.60. The van der Waals surface area contributed by atoms with Crippen LogP contribution in [0.2, 0.25) is 0 Å². The predicted octanol–water partition coefficient (Wildman–Crippen LogP) is 5.37. The maximum Gasteiger partial charge on any atom is 0.144 e. The molecular formula is C16H25BrN2OS. The molecule has 1 N–H and O–H groups in total. The second-order valence-electron chi connectivity index (χ2n) is 7.07. The Hall–Kier alpha value is -0.260. The zero-order valence-electron chi connectivity index (χ0n) is 13.3. The molecule has 1 heterocycles. The van der Waals surface area contributed by atoms with E-state index >= 15 is 0 Å². The highest BCUT2D eigenvalue weighted by Gasteiger charge is 2.31. The van der Waals surface area contributed by atoms with Gasteiger partial charge in [-0.3, -0.25) is 0 Å². The van der Waals surface area contributed by atoms with Crippen molar-refractivity contribution in [3.8, 4) is 0 Å². The minimum atomic E-state index is 0.409. The lowest BCUT2D eigenvalue weighted by molar-refractivity contribution is 0.165. The number of hydrogen-bond donors (Lipinski definition) is 1. The molecule has 0 bridgehead atoms. The van der Waals surface area contributed by atoms with E-state index in [0.29, 0.717) is 22.6 Å². The Labute approximate surface area is 141 Å². The molecular weight excluding hydrogens is 348 g/mol. The van der Waals surface area contributed by atoms with Crippen molar-refractivity contribution in [2.45, 2.75) is 59.0 Å². The van der Waals surface area contributed by atoms with Crippen LogP contribution in [0.25, 0.3) is 0 Å². The molecule has 118 valence electrons. The van der Waals surface area contributed by atoms with Gasteiger partial charge in [0.25, 0.3) is 0 Å². The Morgan fingerprint density at radius 3 is 2.43 bits per heavy atom. The molecule has 3 nitrogen and oxygen atoms in total. The number of nitrogens with one attached hydrogen (secondary N) is 1. The van der Waals surface area contributed by atoms with Gasteiger partial charge in [-0.25, -0.2) is 4.98 Å². The summed E-state index contributed by atoms with van der Waals surface area (Å²) in [7, 11) is 1.69. The van der Waals surface area contributed by atoms with Crippen LogP contribution in [0.3, 0.4) is 0 Å². The molecule has 1 fully saturated rings. The number of H-pyrrole nitrogens is 1. The SMILES string of the molecule is COCc1[nH]c(C2CCC(C(C)(C)C)CC2)nc(=S)c1Br. The summed E-state index contributed by atoms with van der Waals surface area (Å²) in [6, 6.07) is 0. The van der Waals surface area contributed by atoms with Crippen LogP contribution in [0.4, 0.5) is 0 Å². The molecule has 1 saturated carbocycles. The first-order valence-corrected chi connectivity index (χ1v) is 8.80. The fraction of sp³-hybridized carbons (Fsp3) is 0.750. The van der Waals surface area contributed by atoms with Crippen molar-refractivity contribution in [1.29, 1.82) is 0 Å². The van der Waals surface area contributed by atoms with Gasteiger partial charge in [0, 0.05) is 13.0 Å². The molecule has 1 aromatic rings. The van der Waals surface area contributed by atoms with Crippen LogP contribution < -0.4 is 0 Å². The maximum atomic E-state index is 5.36. The topological polar surface area (TPSA) is 37.9 Å². The Morgan fingerprint density at radius 1 is 1.29 bits per heavy atom. The van der Waals surface area contributed by atoms with Crippen LogP contribution in [0, 0.1) is 16.0 Å². The van der Waals surface area contributed by atoms with Gasteiger partial charge in [0.05, 0.1) is 16.8 Å². The summed E-state index contributed by atoms with van der Waals surface area (Å²) >= 11 is 8.86. The number of ether oxygens (including phenoxy) is 1. The van der Waals surface area contributed by atoms with Crippen molar-refractivity contribution in [1.82, 2.24) is 9.97 Å². The minimum Gasteiger partial charge on any atom is -0.378 e. The molecule has 0 radical (unpaired) electrons. The predicted molar refractivity (Wildman–Crippen MR) is 92.0 cm³/mol. The van der Waals surface area contributed by atoms with Gasteiger partial charge in [0.1, 0.15) is 10.5 Å². The third-order valence-electron chi connectivity index (χ3n) is 4.58. The Morgan fingerprint density at radius 2 is 1.90 bits per heavy atom. The van der Waals surface area contributed by atoms with Gasteiger partial charge in [-0.2, -0.15) is 0 Å². The summed E-state index contributed by atoms with van der Waals surface area (Å²) in [6.07, 6.45) is 4.92. The number of halogens is 1. The Kier molecular flexibility index (Phi) is 5.60. The van der Waals surface area contributed by atoms with E-state index in [-0.39, 0.29) is 0 Å². The average Bonchev–Trinajstić information content (AvgIpc) is 2.43. The first-order chi connectivity index (χ1) is 9.82. The van der Waals surface area contributed by atoms with E-state index in [2.05, 4.69) is 46.7 Å². The molecule has 21 heavy (non-hydrogen) atoms. The van der Waals surface area contributed by atoms with Crippen molar-refractivity contribution in [2.24, 2.45) is 11.3 Å². The summed E-state index contributed by atoms with van der Waals surface area (Å²) < 4.78 is 6.72. The molecule has 0 saturated heterocycles. The summed E-state index contributed by atoms with van der Waals surface area (Å²) in [5.74, 6) is 2.34. The van der Waals surface area contributed by atoms with E-state index in [1.165, 1.54) is 25.7 Å². The van der Waals surface area contributed by atoms with Crippen LogP contribution in [-0.2, 0) is 11.3 Å². The third-order valence-corrected chi connectivity index (χ3v) is 5.99. The highest BCUT2D eigenvalue weighted by atomic mass is 79.9. The maximum absolute atomic E-state index is 5.36. The highest BCUT2D eigenvalue weighted by Crippen LogP contribution is 2.42. The summed E-state index contributed by atoms with van der Waals surface area (Å²) in [5.41, 5.74) is 1.40. The van der Waals surface area contributed by atoms with Crippen molar-refractivity contribution < 1.29 is 4.74 Å². The number of hydrogen-bond acceptors (Lipinski definition) is 3. The van der Waals surface area contributed by atoms with Crippen molar-refractivity contribution in [3.63, 3.8) is 0 Å². The zero-order valence-corrected chi connectivity index (χ0v) is 15.7. The van der Waals surface area contributed by atoms with Gasteiger partial charge in [-0.1, -0.05) is 33.0 Å². The smallest absolute Gasteiger partial charge is 0.144 e. The van der Waals surface area contributed by atoms with Gasteiger partial charge in [0.2, 0.25) is 0 Å². The van der Waals surface area contributed by atoms with Crippen LogP contribution >= 0.6 is 28.1 Å². The molecule has 0 spiro atoms. The van der Waals surface area contributed by atoms with Crippen molar-refractivity contribution >= 4 is 28.1 Å². The molecule has 0 amide bonds. The average molecular weight is 373 g/mol. The summed E-state index contributed by atoms with van der Waals surface area (Å²) in [4.78, 5) is 8.01. The normalized spacial score (nSPS) is 23.3. The molecule has 0 atom stereocenters. The van der Waals surface area contributed by atoms with Crippen LogP contribution in [0.5, 0.6) is 0 Å². The number of methoxy groups -OCH3 is 1. The van der Waals surface area contributed by atoms with E-state index < -0.39 is 0 Å². The minimum absolute atomic E-state index is 0.409. The quantitative estimate of drug-likeness (QED) is 0.724. The lowest BCUT2D eigenvalue weighted by atomic mass is 9.69. The van der Waals surface area contributed by atoms with Crippen molar-refractivity contribution in [2.75, 3.05) is 7.11 Å². The van der Waals surface area contributed by atoms with Crippen LogP contribution in [0.1, 0.15) is 63.9 Å². The molecule has 1 aliphatic carbocycles. The Balaban J connectivity index is 2.15. The van der Waals surface area contributed by atoms with E-state index in [1.54, 1.807) is 7.11 Å². The highest BCUT2D eigenvalue weighted by molar-refractivity contribution is 9.10. The third kappa shape index (κ3) is 4.14. The van der Waals surface area contributed by atoms with Crippen molar-refractivity contribution in [3.05, 3.63) is 20.6 Å². The van der Waals surface area contributed by atoms with Gasteiger partial charge in [0.15, 0.2) is 0 Å². The Bertz CT molecular complexity index is 542.